The predicted octanol–water partition coefficient (Wildman–Crippen LogP) is 3.27. The second-order valence-corrected chi connectivity index (χ2v) is 7.71. The molecule has 2 heterocycles. The number of carbonyl (C=O) groups excluding carboxylic acids is 2. The van der Waals surface area contributed by atoms with Crippen LogP contribution in [0.1, 0.15) is 64.3 Å². The Morgan fingerprint density at radius 1 is 1.21 bits per heavy atom. The van der Waals surface area contributed by atoms with E-state index < -0.39 is 0 Å². The average molecular weight is 353 g/mol. The molecule has 1 N–H and O–H groups in total. The van der Waals surface area contributed by atoms with Crippen LogP contribution in [-0.4, -0.2) is 40.0 Å². The summed E-state index contributed by atoms with van der Waals surface area (Å²) in [6.45, 7) is 9.41. The van der Waals surface area contributed by atoms with Crippen LogP contribution < -0.4 is 5.32 Å². The Morgan fingerprint density at radius 3 is 2.38 bits per heavy atom. The molecule has 0 atom stereocenters. The summed E-state index contributed by atoms with van der Waals surface area (Å²) in [7, 11) is 0. The van der Waals surface area contributed by atoms with Gasteiger partial charge < -0.3 is 10.2 Å². The Kier molecular flexibility index (Phi) is 6.71. The Hall–Kier alpha value is -1.50. The number of hydrogen-bond donors (Lipinski definition) is 1. The van der Waals surface area contributed by atoms with Gasteiger partial charge in [0.15, 0.2) is 0 Å². The monoisotopic (exact) mass is 352 g/mol. The lowest BCUT2D eigenvalue weighted by molar-refractivity contribution is -0.137. The number of nitrogens with zero attached hydrogens (tertiary/aromatic N) is 3. The molecule has 0 saturated carbocycles. The fourth-order valence-corrected chi connectivity index (χ4v) is 4.04. The number of amides is 2. The molecule has 1 aromatic rings. The SMILES string of the molecule is CCC(CC)c1nnc(NC(=O)C2CCN(C(=O)C(C)C)CC2)s1. The average Bonchev–Trinajstić information content (AvgIpc) is 3.03. The molecular weight excluding hydrogens is 324 g/mol. The number of rotatable bonds is 6. The molecule has 24 heavy (non-hydrogen) atoms. The van der Waals surface area contributed by atoms with Crippen molar-refractivity contribution in [1.82, 2.24) is 15.1 Å². The van der Waals surface area contributed by atoms with Crippen molar-refractivity contribution in [3.05, 3.63) is 5.01 Å². The van der Waals surface area contributed by atoms with Crippen LogP contribution in [0.3, 0.4) is 0 Å². The van der Waals surface area contributed by atoms with Gasteiger partial charge in [0.25, 0.3) is 0 Å². The normalized spacial score (nSPS) is 16.0. The van der Waals surface area contributed by atoms with E-state index in [1.807, 2.05) is 18.7 Å². The molecule has 0 spiro atoms. The predicted molar refractivity (Wildman–Crippen MR) is 96.0 cm³/mol. The van der Waals surface area contributed by atoms with Gasteiger partial charge in [0.2, 0.25) is 16.9 Å². The largest absolute Gasteiger partial charge is 0.342 e. The Labute approximate surface area is 148 Å². The summed E-state index contributed by atoms with van der Waals surface area (Å²) in [6.07, 6.45) is 3.48. The smallest absolute Gasteiger partial charge is 0.229 e. The highest BCUT2D eigenvalue weighted by Gasteiger charge is 2.28. The minimum absolute atomic E-state index is 0.00103. The first kappa shape index (κ1) is 18.8. The van der Waals surface area contributed by atoms with Gasteiger partial charge in [-0.1, -0.05) is 39.0 Å². The van der Waals surface area contributed by atoms with Gasteiger partial charge in [0.1, 0.15) is 5.01 Å². The minimum Gasteiger partial charge on any atom is -0.342 e. The van der Waals surface area contributed by atoms with Gasteiger partial charge in [-0.15, -0.1) is 10.2 Å². The lowest BCUT2D eigenvalue weighted by atomic mass is 9.95. The van der Waals surface area contributed by atoms with Crippen molar-refractivity contribution in [3.8, 4) is 0 Å². The van der Waals surface area contributed by atoms with Crippen molar-refractivity contribution in [2.75, 3.05) is 18.4 Å². The molecule has 2 amide bonds. The third-order valence-corrected chi connectivity index (χ3v) is 5.68. The van der Waals surface area contributed by atoms with Crippen molar-refractivity contribution in [1.29, 1.82) is 0 Å². The van der Waals surface area contributed by atoms with Crippen molar-refractivity contribution in [2.45, 2.75) is 59.3 Å². The molecular formula is C17H28N4O2S. The quantitative estimate of drug-likeness (QED) is 0.852. The van der Waals surface area contributed by atoms with Crippen LogP contribution in [0, 0.1) is 11.8 Å². The zero-order valence-corrected chi connectivity index (χ0v) is 15.9. The van der Waals surface area contributed by atoms with Gasteiger partial charge in [0.05, 0.1) is 0 Å². The molecule has 0 aromatic carbocycles. The molecule has 0 aliphatic carbocycles. The molecule has 0 bridgehead atoms. The molecule has 1 aliphatic heterocycles. The molecule has 0 unspecified atom stereocenters. The van der Waals surface area contributed by atoms with E-state index in [9.17, 15) is 9.59 Å². The fraction of sp³-hybridized carbons (Fsp3) is 0.765. The highest BCUT2D eigenvalue weighted by atomic mass is 32.1. The number of anilines is 1. The first-order chi connectivity index (χ1) is 11.5. The summed E-state index contributed by atoms with van der Waals surface area (Å²) in [6, 6.07) is 0. The molecule has 134 valence electrons. The second kappa shape index (κ2) is 8.55. The molecule has 1 fully saturated rings. The lowest BCUT2D eigenvalue weighted by Crippen LogP contribution is -2.43. The van der Waals surface area contributed by atoms with Gasteiger partial charge >= 0.3 is 0 Å². The van der Waals surface area contributed by atoms with Gasteiger partial charge in [-0.05, 0) is 25.7 Å². The van der Waals surface area contributed by atoms with Gasteiger partial charge in [0, 0.05) is 30.8 Å². The first-order valence-electron chi connectivity index (χ1n) is 8.89. The van der Waals surface area contributed by atoms with E-state index in [0.717, 1.165) is 17.8 Å². The Morgan fingerprint density at radius 2 is 1.83 bits per heavy atom. The second-order valence-electron chi connectivity index (χ2n) is 6.70. The van der Waals surface area contributed by atoms with Crippen molar-refractivity contribution in [2.24, 2.45) is 11.8 Å². The fourth-order valence-electron chi connectivity index (χ4n) is 3.02. The van der Waals surface area contributed by atoms with E-state index in [2.05, 4.69) is 29.4 Å². The highest BCUT2D eigenvalue weighted by molar-refractivity contribution is 7.15. The topological polar surface area (TPSA) is 75.2 Å². The number of nitrogens with one attached hydrogen (secondary N) is 1. The third-order valence-electron chi connectivity index (χ3n) is 4.68. The van der Waals surface area contributed by atoms with E-state index in [0.29, 0.717) is 37.0 Å². The number of likely N-dealkylation sites (tertiary alicyclic amines) is 1. The van der Waals surface area contributed by atoms with E-state index >= 15 is 0 Å². The Bertz CT molecular complexity index is 561. The van der Waals surface area contributed by atoms with Crippen LogP contribution >= 0.6 is 11.3 Å². The molecule has 0 radical (unpaired) electrons. The number of hydrogen-bond acceptors (Lipinski definition) is 5. The summed E-state index contributed by atoms with van der Waals surface area (Å²) in [5.74, 6) is 0.548. The van der Waals surface area contributed by atoms with Crippen molar-refractivity contribution < 1.29 is 9.59 Å². The third kappa shape index (κ3) is 4.53. The molecule has 2 rings (SSSR count). The van der Waals surface area contributed by atoms with Crippen LogP contribution in [-0.2, 0) is 9.59 Å². The number of piperidine rings is 1. The summed E-state index contributed by atoms with van der Waals surface area (Å²) in [5.41, 5.74) is 0. The molecule has 1 aromatic heterocycles. The summed E-state index contributed by atoms with van der Waals surface area (Å²) in [4.78, 5) is 26.3. The molecule has 6 nitrogen and oxygen atoms in total. The van der Waals surface area contributed by atoms with Crippen LogP contribution in [0.15, 0.2) is 0 Å². The zero-order valence-electron chi connectivity index (χ0n) is 15.0. The maximum atomic E-state index is 12.4. The summed E-state index contributed by atoms with van der Waals surface area (Å²) in [5, 5.41) is 12.8. The summed E-state index contributed by atoms with van der Waals surface area (Å²) < 4.78 is 0. The van der Waals surface area contributed by atoms with Crippen LogP contribution in [0.25, 0.3) is 0 Å². The summed E-state index contributed by atoms with van der Waals surface area (Å²) >= 11 is 1.47. The van der Waals surface area contributed by atoms with E-state index in [1.54, 1.807) is 0 Å². The van der Waals surface area contributed by atoms with Crippen molar-refractivity contribution in [3.63, 3.8) is 0 Å². The molecule has 7 heteroatoms. The molecule has 1 saturated heterocycles. The van der Waals surface area contributed by atoms with Crippen molar-refractivity contribution >= 4 is 28.3 Å². The van der Waals surface area contributed by atoms with Crippen LogP contribution in [0.4, 0.5) is 5.13 Å². The minimum atomic E-state index is -0.0540. The van der Waals surface area contributed by atoms with Crippen LogP contribution in [0.2, 0.25) is 0 Å². The lowest BCUT2D eigenvalue weighted by Gasteiger charge is -2.32. The highest BCUT2D eigenvalue weighted by Crippen LogP contribution is 2.29. The Balaban J connectivity index is 1.87. The maximum absolute atomic E-state index is 12.4. The van der Waals surface area contributed by atoms with Gasteiger partial charge in [-0.25, -0.2) is 0 Å². The van der Waals surface area contributed by atoms with Gasteiger partial charge in [-0.3, -0.25) is 9.59 Å². The van der Waals surface area contributed by atoms with E-state index in [4.69, 9.17) is 0 Å². The molecule has 1 aliphatic rings. The van der Waals surface area contributed by atoms with E-state index in [-0.39, 0.29) is 23.7 Å². The first-order valence-corrected chi connectivity index (χ1v) is 9.70. The van der Waals surface area contributed by atoms with E-state index in [1.165, 1.54) is 11.3 Å². The van der Waals surface area contributed by atoms with Crippen LogP contribution in [0.5, 0.6) is 0 Å². The number of carbonyl (C=O) groups is 2. The number of aromatic nitrogens is 2. The standard InChI is InChI=1S/C17H28N4O2S/c1-5-12(6-2)15-19-20-17(24-15)18-14(22)13-7-9-21(10-8-13)16(23)11(3)4/h11-13H,5-10H2,1-4H3,(H,18,20,22). The maximum Gasteiger partial charge on any atom is 0.229 e. The zero-order chi connectivity index (χ0) is 17.7. The van der Waals surface area contributed by atoms with Gasteiger partial charge in [-0.2, -0.15) is 0 Å².